The number of amides is 3. The highest BCUT2D eigenvalue weighted by Crippen LogP contribution is 2.20. The zero-order valence-electron chi connectivity index (χ0n) is 13.2. The highest BCUT2D eigenvalue weighted by molar-refractivity contribution is 5.87. The first-order valence-electron chi connectivity index (χ1n) is 8.57. The van der Waals surface area contributed by atoms with E-state index >= 15 is 0 Å². The summed E-state index contributed by atoms with van der Waals surface area (Å²) in [6.07, 6.45) is 9.60. The average Bonchev–Trinajstić information content (AvgIpc) is 2.98. The molecule has 0 bridgehead atoms. The average molecular weight is 295 g/mol. The van der Waals surface area contributed by atoms with Gasteiger partial charge in [-0.1, -0.05) is 32.6 Å². The van der Waals surface area contributed by atoms with Crippen LogP contribution in [0, 0.1) is 0 Å². The van der Waals surface area contributed by atoms with Crippen LogP contribution in [-0.2, 0) is 4.79 Å². The lowest BCUT2D eigenvalue weighted by atomic mass is 9.96. The van der Waals surface area contributed by atoms with Crippen LogP contribution in [0.2, 0.25) is 0 Å². The smallest absolute Gasteiger partial charge is 0.318 e. The zero-order valence-corrected chi connectivity index (χ0v) is 13.2. The van der Waals surface area contributed by atoms with Gasteiger partial charge in [-0.15, -0.1) is 0 Å². The molecule has 5 heteroatoms. The third kappa shape index (κ3) is 4.61. The Morgan fingerprint density at radius 1 is 1.10 bits per heavy atom. The molecule has 1 aliphatic carbocycles. The van der Waals surface area contributed by atoms with E-state index in [0.717, 1.165) is 38.5 Å². The largest absolute Gasteiger partial charge is 0.354 e. The van der Waals surface area contributed by atoms with Gasteiger partial charge in [-0.3, -0.25) is 4.79 Å². The van der Waals surface area contributed by atoms with Gasteiger partial charge >= 0.3 is 6.03 Å². The van der Waals surface area contributed by atoms with Gasteiger partial charge in [-0.05, 0) is 32.1 Å². The predicted molar refractivity (Wildman–Crippen MR) is 83.1 cm³/mol. The maximum Gasteiger partial charge on any atom is 0.318 e. The minimum Gasteiger partial charge on any atom is -0.354 e. The van der Waals surface area contributed by atoms with Crippen molar-refractivity contribution in [3.63, 3.8) is 0 Å². The number of nitrogens with zero attached hydrogens (tertiary/aromatic N) is 1. The van der Waals surface area contributed by atoms with E-state index in [1.54, 1.807) is 4.90 Å². The summed E-state index contributed by atoms with van der Waals surface area (Å²) in [6, 6.07) is -0.0175. The molecule has 1 saturated carbocycles. The van der Waals surface area contributed by atoms with Crippen LogP contribution in [0.4, 0.5) is 4.79 Å². The topological polar surface area (TPSA) is 61.4 Å². The lowest BCUT2D eigenvalue weighted by Crippen LogP contribution is -2.52. The number of urea groups is 1. The molecule has 0 radical (unpaired) electrons. The Balaban J connectivity index is 1.82. The standard InChI is InChI=1S/C16H29N3O2/c1-2-3-11-17-15(20)14-10-7-12-19(14)16(21)18-13-8-5-4-6-9-13/h13-14H,2-12H2,1H3,(H,17,20)(H,18,21)/t14-/m1/s1. The maximum atomic E-state index is 12.4. The van der Waals surface area contributed by atoms with E-state index in [9.17, 15) is 9.59 Å². The van der Waals surface area contributed by atoms with Gasteiger partial charge in [0.1, 0.15) is 6.04 Å². The molecule has 2 aliphatic rings. The van der Waals surface area contributed by atoms with Crippen molar-refractivity contribution in [2.75, 3.05) is 13.1 Å². The van der Waals surface area contributed by atoms with Crippen LogP contribution in [0.5, 0.6) is 0 Å². The van der Waals surface area contributed by atoms with Gasteiger partial charge in [-0.25, -0.2) is 4.79 Å². The fraction of sp³-hybridized carbons (Fsp3) is 0.875. The van der Waals surface area contributed by atoms with Crippen molar-refractivity contribution < 1.29 is 9.59 Å². The Bertz CT molecular complexity index is 353. The molecule has 0 spiro atoms. The van der Waals surface area contributed by atoms with Crippen LogP contribution in [0.25, 0.3) is 0 Å². The maximum absolute atomic E-state index is 12.4. The van der Waals surface area contributed by atoms with E-state index in [1.807, 2.05) is 0 Å². The van der Waals surface area contributed by atoms with Crippen LogP contribution in [-0.4, -0.2) is 42.0 Å². The SMILES string of the molecule is CCCCNC(=O)[C@H]1CCCN1C(=O)NC1CCCCC1. The van der Waals surface area contributed by atoms with E-state index in [4.69, 9.17) is 0 Å². The van der Waals surface area contributed by atoms with Crippen molar-refractivity contribution in [2.45, 2.75) is 76.8 Å². The molecule has 5 nitrogen and oxygen atoms in total. The first-order chi connectivity index (χ1) is 10.2. The lowest BCUT2D eigenvalue weighted by molar-refractivity contribution is -0.124. The minimum atomic E-state index is -0.273. The lowest BCUT2D eigenvalue weighted by Gasteiger charge is -2.29. The molecular weight excluding hydrogens is 266 g/mol. The van der Waals surface area contributed by atoms with E-state index in [-0.39, 0.29) is 18.0 Å². The van der Waals surface area contributed by atoms with Crippen molar-refractivity contribution in [3.8, 4) is 0 Å². The van der Waals surface area contributed by atoms with Crippen LogP contribution in [0.3, 0.4) is 0 Å². The van der Waals surface area contributed by atoms with Gasteiger partial charge in [0.2, 0.25) is 5.91 Å². The van der Waals surface area contributed by atoms with E-state index in [0.29, 0.717) is 19.1 Å². The number of likely N-dealkylation sites (tertiary alicyclic amines) is 1. The Kier molecular flexibility index (Phi) is 6.33. The quantitative estimate of drug-likeness (QED) is 0.765. The Morgan fingerprint density at radius 3 is 2.57 bits per heavy atom. The molecule has 1 heterocycles. The Morgan fingerprint density at radius 2 is 1.86 bits per heavy atom. The van der Waals surface area contributed by atoms with Crippen LogP contribution < -0.4 is 10.6 Å². The van der Waals surface area contributed by atoms with E-state index < -0.39 is 0 Å². The Labute approximate surface area is 127 Å². The third-order valence-electron chi connectivity index (χ3n) is 4.58. The molecule has 1 saturated heterocycles. The van der Waals surface area contributed by atoms with E-state index in [2.05, 4.69) is 17.6 Å². The first-order valence-corrected chi connectivity index (χ1v) is 8.57. The molecule has 1 aliphatic heterocycles. The molecule has 2 N–H and O–H groups in total. The Hall–Kier alpha value is -1.26. The summed E-state index contributed by atoms with van der Waals surface area (Å²) in [5.74, 6) is 0.0137. The number of hydrogen-bond donors (Lipinski definition) is 2. The fourth-order valence-corrected chi connectivity index (χ4v) is 3.29. The van der Waals surface area contributed by atoms with Crippen LogP contribution in [0.1, 0.15) is 64.7 Å². The number of hydrogen-bond acceptors (Lipinski definition) is 2. The molecule has 2 rings (SSSR count). The van der Waals surface area contributed by atoms with Gasteiger partial charge in [0.25, 0.3) is 0 Å². The van der Waals surface area contributed by atoms with Crippen molar-refractivity contribution in [1.29, 1.82) is 0 Å². The van der Waals surface area contributed by atoms with Gasteiger partial charge in [-0.2, -0.15) is 0 Å². The van der Waals surface area contributed by atoms with Gasteiger partial charge in [0.15, 0.2) is 0 Å². The fourth-order valence-electron chi connectivity index (χ4n) is 3.29. The molecule has 2 fully saturated rings. The van der Waals surface area contributed by atoms with Crippen molar-refractivity contribution in [1.82, 2.24) is 15.5 Å². The second-order valence-electron chi connectivity index (χ2n) is 6.28. The molecule has 0 unspecified atom stereocenters. The number of rotatable bonds is 5. The number of carbonyl (C=O) groups is 2. The molecule has 0 aromatic carbocycles. The predicted octanol–water partition coefficient (Wildman–Crippen LogP) is 2.41. The van der Waals surface area contributed by atoms with Gasteiger partial charge < -0.3 is 15.5 Å². The molecule has 0 aromatic rings. The van der Waals surface area contributed by atoms with Crippen LogP contribution >= 0.6 is 0 Å². The zero-order chi connectivity index (χ0) is 15.1. The second-order valence-corrected chi connectivity index (χ2v) is 6.28. The first kappa shape index (κ1) is 16.1. The summed E-state index contributed by atoms with van der Waals surface area (Å²) in [6.45, 7) is 3.51. The van der Waals surface area contributed by atoms with Gasteiger partial charge in [0.05, 0.1) is 0 Å². The summed E-state index contributed by atoms with van der Waals surface area (Å²) in [7, 11) is 0. The minimum absolute atomic E-state index is 0.0137. The second kappa shape index (κ2) is 8.25. The third-order valence-corrected chi connectivity index (χ3v) is 4.58. The van der Waals surface area contributed by atoms with Crippen LogP contribution in [0.15, 0.2) is 0 Å². The summed E-state index contributed by atoms with van der Waals surface area (Å²) >= 11 is 0. The normalized spacial score (nSPS) is 23.1. The molecular formula is C16H29N3O2. The number of unbranched alkanes of at least 4 members (excludes halogenated alkanes) is 1. The van der Waals surface area contributed by atoms with Crippen molar-refractivity contribution in [2.24, 2.45) is 0 Å². The monoisotopic (exact) mass is 295 g/mol. The van der Waals surface area contributed by atoms with E-state index in [1.165, 1.54) is 19.3 Å². The molecule has 3 amide bonds. The molecule has 0 aromatic heterocycles. The number of carbonyl (C=O) groups excluding carboxylic acids is 2. The van der Waals surface area contributed by atoms with Crippen molar-refractivity contribution >= 4 is 11.9 Å². The highest BCUT2D eigenvalue weighted by Gasteiger charge is 2.34. The molecule has 120 valence electrons. The summed E-state index contributed by atoms with van der Waals surface area (Å²) in [5.41, 5.74) is 0. The highest BCUT2D eigenvalue weighted by atomic mass is 16.2. The molecule has 1 atom stereocenters. The summed E-state index contributed by atoms with van der Waals surface area (Å²) in [4.78, 5) is 26.3. The van der Waals surface area contributed by atoms with Gasteiger partial charge in [0, 0.05) is 19.1 Å². The molecule has 21 heavy (non-hydrogen) atoms. The van der Waals surface area contributed by atoms with Crippen molar-refractivity contribution in [3.05, 3.63) is 0 Å². The summed E-state index contributed by atoms with van der Waals surface area (Å²) in [5, 5.41) is 6.07. The summed E-state index contributed by atoms with van der Waals surface area (Å²) < 4.78 is 0. The number of nitrogens with one attached hydrogen (secondary N) is 2.